The van der Waals surface area contributed by atoms with Crippen LogP contribution in [-0.2, 0) is 17.3 Å². The van der Waals surface area contributed by atoms with Crippen LogP contribution in [0.4, 0.5) is 0 Å². The van der Waals surface area contributed by atoms with E-state index in [1.165, 1.54) is 16.3 Å². The molecule has 0 spiro atoms. The third-order valence-corrected chi connectivity index (χ3v) is 4.86. The van der Waals surface area contributed by atoms with E-state index in [-0.39, 0.29) is 5.25 Å². The lowest BCUT2D eigenvalue weighted by Crippen LogP contribution is -2.21. The van der Waals surface area contributed by atoms with Gasteiger partial charge in [-0.2, -0.15) is 0 Å². The van der Waals surface area contributed by atoms with Crippen molar-refractivity contribution >= 4 is 21.6 Å². The van der Waals surface area contributed by atoms with Gasteiger partial charge in [0, 0.05) is 28.9 Å². The van der Waals surface area contributed by atoms with Crippen LogP contribution in [0.5, 0.6) is 0 Å². The van der Waals surface area contributed by atoms with Crippen LogP contribution < -0.4 is 5.32 Å². The number of nitrogens with one attached hydrogen (secondary N) is 1. The van der Waals surface area contributed by atoms with Gasteiger partial charge in [-0.1, -0.05) is 49.4 Å². The Morgan fingerprint density at radius 3 is 2.68 bits per heavy atom. The summed E-state index contributed by atoms with van der Waals surface area (Å²) in [6.07, 6.45) is 2.73. The van der Waals surface area contributed by atoms with Crippen molar-refractivity contribution in [1.82, 2.24) is 5.32 Å². The molecule has 0 fully saturated rings. The molecule has 2 aromatic carbocycles. The minimum absolute atomic E-state index is 0.264. The van der Waals surface area contributed by atoms with Gasteiger partial charge in [0.2, 0.25) is 0 Å². The summed E-state index contributed by atoms with van der Waals surface area (Å²) in [5.74, 6) is 0. The highest BCUT2D eigenvalue weighted by molar-refractivity contribution is 7.84. The summed E-state index contributed by atoms with van der Waals surface area (Å²) in [6, 6.07) is 14.9. The normalized spacial score (nSPS) is 14.4. The van der Waals surface area contributed by atoms with Gasteiger partial charge in [0.05, 0.1) is 0 Å². The van der Waals surface area contributed by atoms with Gasteiger partial charge in [-0.25, -0.2) is 0 Å². The molecule has 0 aliphatic heterocycles. The Morgan fingerprint density at radius 2 is 1.89 bits per heavy atom. The second kappa shape index (κ2) is 6.83. The summed E-state index contributed by atoms with van der Waals surface area (Å²) in [5, 5.41) is 6.30. The van der Waals surface area contributed by atoms with Crippen molar-refractivity contribution in [2.24, 2.45) is 0 Å². The van der Waals surface area contributed by atoms with E-state index >= 15 is 0 Å². The Morgan fingerprint density at radius 1 is 1.16 bits per heavy atom. The van der Waals surface area contributed by atoms with Gasteiger partial charge in [0.25, 0.3) is 0 Å². The van der Waals surface area contributed by atoms with Gasteiger partial charge in [-0.3, -0.25) is 4.21 Å². The van der Waals surface area contributed by atoms with E-state index in [9.17, 15) is 4.21 Å². The minimum atomic E-state index is -0.721. The van der Waals surface area contributed by atoms with E-state index in [2.05, 4.69) is 47.8 Å². The second-order valence-electron chi connectivity index (χ2n) is 4.91. The zero-order valence-electron chi connectivity index (χ0n) is 11.6. The Labute approximate surface area is 117 Å². The van der Waals surface area contributed by atoms with Crippen LogP contribution in [0, 0.1) is 0 Å². The first-order chi connectivity index (χ1) is 9.18. The van der Waals surface area contributed by atoms with Gasteiger partial charge in [0.15, 0.2) is 0 Å². The molecule has 2 aromatic rings. The monoisotopic (exact) mass is 275 g/mol. The fraction of sp³-hybridized carbons (Fsp3) is 0.375. The molecule has 3 heteroatoms. The van der Waals surface area contributed by atoms with Gasteiger partial charge in [0.1, 0.15) is 0 Å². The van der Waals surface area contributed by atoms with Crippen molar-refractivity contribution in [3.05, 3.63) is 48.0 Å². The van der Waals surface area contributed by atoms with Gasteiger partial charge in [-0.05, 0) is 29.3 Å². The summed E-state index contributed by atoms with van der Waals surface area (Å²) < 4.78 is 11.3. The summed E-state index contributed by atoms with van der Waals surface area (Å²) in [7, 11) is -0.721. The highest BCUT2D eigenvalue weighted by Crippen LogP contribution is 2.18. The molecule has 0 saturated carbocycles. The predicted octanol–water partition coefficient (Wildman–Crippen LogP) is 3.09. The average Bonchev–Trinajstić information content (AvgIpc) is 2.43. The van der Waals surface area contributed by atoms with Crippen molar-refractivity contribution in [1.29, 1.82) is 0 Å². The molecule has 0 heterocycles. The topological polar surface area (TPSA) is 29.1 Å². The van der Waals surface area contributed by atoms with Gasteiger partial charge >= 0.3 is 0 Å². The molecule has 0 aliphatic carbocycles. The van der Waals surface area contributed by atoms with E-state index in [1.807, 2.05) is 6.92 Å². The molecule has 19 heavy (non-hydrogen) atoms. The first-order valence-electron chi connectivity index (χ1n) is 6.68. The maximum atomic E-state index is 11.3. The van der Waals surface area contributed by atoms with Crippen molar-refractivity contribution in [2.45, 2.75) is 25.1 Å². The lowest BCUT2D eigenvalue weighted by molar-refractivity contribution is 0.630. The highest BCUT2D eigenvalue weighted by atomic mass is 32.2. The first kappa shape index (κ1) is 14.2. The summed E-state index contributed by atoms with van der Waals surface area (Å²) in [5.41, 5.74) is 1.32. The molecule has 2 nitrogen and oxygen atoms in total. The fourth-order valence-electron chi connectivity index (χ4n) is 2.14. The molecule has 0 bridgehead atoms. The van der Waals surface area contributed by atoms with E-state index in [0.29, 0.717) is 0 Å². The van der Waals surface area contributed by atoms with Crippen molar-refractivity contribution in [3.63, 3.8) is 0 Å². The summed E-state index contributed by atoms with van der Waals surface area (Å²) in [6.45, 7) is 3.81. The Bertz CT molecular complexity index is 562. The fourth-order valence-corrected chi connectivity index (χ4v) is 2.59. The third-order valence-electron chi connectivity index (χ3n) is 3.49. The zero-order chi connectivity index (χ0) is 13.7. The maximum absolute atomic E-state index is 11.3. The predicted molar refractivity (Wildman–Crippen MR) is 83.8 cm³/mol. The number of hydrogen-bond donors (Lipinski definition) is 1. The second-order valence-corrected chi connectivity index (χ2v) is 6.71. The lowest BCUT2D eigenvalue weighted by atomic mass is 10.0. The Balaban J connectivity index is 1.93. The molecule has 0 aliphatic rings. The van der Waals surface area contributed by atoms with Crippen LogP contribution in [0.15, 0.2) is 42.5 Å². The van der Waals surface area contributed by atoms with Crippen LogP contribution >= 0.6 is 0 Å². The molecule has 2 rings (SSSR count). The number of fused-ring (bicyclic) bond motifs is 1. The van der Waals surface area contributed by atoms with Gasteiger partial charge in [-0.15, -0.1) is 0 Å². The molecular formula is C16H21NOS. The number of hydrogen-bond acceptors (Lipinski definition) is 2. The molecule has 2 unspecified atom stereocenters. The third kappa shape index (κ3) is 3.88. The largest absolute Gasteiger partial charge is 0.313 e. The summed E-state index contributed by atoms with van der Waals surface area (Å²) in [4.78, 5) is 0. The maximum Gasteiger partial charge on any atom is 0.0329 e. The minimum Gasteiger partial charge on any atom is -0.313 e. The van der Waals surface area contributed by atoms with Crippen LogP contribution in [0.1, 0.15) is 18.9 Å². The smallest absolute Gasteiger partial charge is 0.0329 e. The standard InChI is InChI=1S/C16H21NOS/c1-13(19(2)18)10-11-17-12-15-8-5-7-14-6-3-4-9-16(14)15/h3-9,13,17H,10-12H2,1-2H3. The van der Waals surface area contributed by atoms with Crippen LogP contribution in [0.2, 0.25) is 0 Å². The first-order valence-corrected chi connectivity index (χ1v) is 8.30. The molecular weight excluding hydrogens is 254 g/mol. The molecule has 102 valence electrons. The van der Waals surface area contributed by atoms with Crippen LogP contribution in [0.3, 0.4) is 0 Å². The molecule has 2 atom stereocenters. The number of benzene rings is 2. The van der Waals surface area contributed by atoms with E-state index < -0.39 is 10.8 Å². The molecule has 0 amide bonds. The summed E-state index contributed by atoms with van der Waals surface area (Å²) >= 11 is 0. The Hall–Kier alpha value is -1.19. The van der Waals surface area contributed by atoms with E-state index in [4.69, 9.17) is 0 Å². The van der Waals surface area contributed by atoms with Crippen LogP contribution in [0.25, 0.3) is 10.8 Å². The van der Waals surface area contributed by atoms with Crippen molar-refractivity contribution in [3.8, 4) is 0 Å². The highest BCUT2D eigenvalue weighted by Gasteiger charge is 2.05. The SMILES string of the molecule is CC(CCNCc1cccc2ccccc12)S(C)=O. The van der Waals surface area contributed by atoms with Crippen molar-refractivity contribution in [2.75, 3.05) is 12.8 Å². The van der Waals surface area contributed by atoms with E-state index in [1.54, 1.807) is 6.26 Å². The molecule has 0 aromatic heterocycles. The van der Waals surface area contributed by atoms with Crippen molar-refractivity contribution < 1.29 is 4.21 Å². The molecule has 0 radical (unpaired) electrons. The van der Waals surface area contributed by atoms with E-state index in [0.717, 1.165) is 19.5 Å². The number of rotatable bonds is 6. The average molecular weight is 275 g/mol. The van der Waals surface area contributed by atoms with Crippen LogP contribution in [-0.4, -0.2) is 22.3 Å². The zero-order valence-corrected chi connectivity index (χ0v) is 12.4. The molecule has 1 N–H and O–H groups in total. The van der Waals surface area contributed by atoms with Gasteiger partial charge < -0.3 is 5.32 Å². The Kier molecular flexibility index (Phi) is 5.11. The quantitative estimate of drug-likeness (QED) is 0.821. The molecule has 0 saturated heterocycles. The lowest BCUT2D eigenvalue weighted by Gasteiger charge is -2.10.